The van der Waals surface area contributed by atoms with E-state index < -0.39 is 0 Å². The minimum Gasteiger partial charge on any atom is -0.328 e. The summed E-state index contributed by atoms with van der Waals surface area (Å²) in [5, 5.41) is 3.86. The van der Waals surface area contributed by atoms with E-state index in [-0.39, 0.29) is 0 Å². The second kappa shape index (κ2) is 6.80. The second-order valence-electron chi connectivity index (χ2n) is 10.1. The fourth-order valence-electron chi connectivity index (χ4n) is 8.28. The van der Waals surface area contributed by atoms with E-state index in [0.29, 0.717) is 22.8 Å². The molecule has 0 aromatic rings. The fraction of sp³-hybridized carbons (Fsp3) is 1.00. The maximum absolute atomic E-state index is 6.17. The highest BCUT2D eigenvalue weighted by molar-refractivity contribution is 5.13. The van der Waals surface area contributed by atoms with Gasteiger partial charge in [0, 0.05) is 38.1 Å². The molecule has 3 nitrogen and oxygen atoms in total. The zero-order chi connectivity index (χ0) is 18.3. The van der Waals surface area contributed by atoms with Gasteiger partial charge in [-0.15, -0.1) is 0 Å². The number of nitrogens with one attached hydrogen (secondary N) is 1. The van der Waals surface area contributed by atoms with Crippen molar-refractivity contribution >= 4 is 0 Å². The molecule has 6 unspecified atom stereocenters. The van der Waals surface area contributed by atoms with Gasteiger partial charge in [0.15, 0.2) is 5.66 Å². The van der Waals surface area contributed by atoms with Crippen molar-refractivity contribution in [2.75, 3.05) is 13.6 Å². The number of nitrogens with zero attached hydrogens (tertiary/aromatic N) is 1. The molecular weight excluding hydrogens is 306 g/mol. The van der Waals surface area contributed by atoms with Crippen LogP contribution in [-0.4, -0.2) is 40.9 Å². The van der Waals surface area contributed by atoms with Crippen LogP contribution in [0.5, 0.6) is 0 Å². The molecule has 0 radical (unpaired) electrons. The van der Waals surface area contributed by atoms with Crippen LogP contribution in [0.4, 0.5) is 0 Å². The Kier molecular flexibility index (Phi) is 5.34. The SMILES string of the molecule is CCCC(CCC12CCCC3(NC)CC(C)(CC1)[N+]23CC)CC(C)N. The van der Waals surface area contributed by atoms with E-state index in [2.05, 4.69) is 40.1 Å². The van der Waals surface area contributed by atoms with Crippen LogP contribution < -0.4 is 11.1 Å². The van der Waals surface area contributed by atoms with Crippen molar-refractivity contribution < 1.29 is 4.48 Å². The van der Waals surface area contributed by atoms with Gasteiger partial charge >= 0.3 is 0 Å². The lowest BCUT2D eigenvalue weighted by molar-refractivity contribution is -1.10. The molecule has 25 heavy (non-hydrogen) atoms. The molecule has 3 heterocycles. The molecule has 0 aliphatic carbocycles. The maximum Gasteiger partial charge on any atom is 0.159 e. The van der Waals surface area contributed by atoms with Gasteiger partial charge in [-0.05, 0) is 53.0 Å². The lowest BCUT2D eigenvalue weighted by Crippen LogP contribution is -2.92. The number of hydrogen-bond acceptors (Lipinski definition) is 2. The summed E-state index contributed by atoms with van der Waals surface area (Å²) in [7, 11) is 2.24. The van der Waals surface area contributed by atoms with E-state index in [1.54, 1.807) is 0 Å². The highest BCUT2D eigenvalue weighted by Gasteiger charge is 2.82. The highest BCUT2D eigenvalue weighted by Crippen LogP contribution is 2.69. The molecule has 6 atom stereocenters. The van der Waals surface area contributed by atoms with Gasteiger partial charge < -0.3 is 5.73 Å². The first-order valence-electron chi connectivity index (χ1n) is 11.2. The Bertz CT molecular complexity index is 478. The van der Waals surface area contributed by atoms with Crippen LogP contribution in [-0.2, 0) is 0 Å². The average molecular weight is 351 g/mol. The van der Waals surface area contributed by atoms with Crippen LogP contribution in [0.3, 0.4) is 0 Å². The normalized spacial score (nSPS) is 44.9. The zero-order valence-electron chi connectivity index (χ0n) is 17.7. The van der Waals surface area contributed by atoms with Gasteiger partial charge in [0.25, 0.3) is 0 Å². The Balaban J connectivity index is 1.83. The van der Waals surface area contributed by atoms with Crippen molar-refractivity contribution in [3.63, 3.8) is 0 Å². The van der Waals surface area contributed by atoms with E-state index in [1.165, 1.54) is 81.7 Å². The van der Waals surface area contributed by atoms with Gasteiger partial charge in [-0.2, -0.15) is 0 Å². The Morgan fingerprint density at radius 3 is 2.48 bits per heavy atom. The van der Waals surface area contributed by atoms with Gasteiger partial charge in [-0.1, -0.05) is 19.8 Å². The van der Waals surface area contributed by atoms with E-state index >= 15 is 0 Å². The van der Waals surface area contributed by atoms with Crippen molar-refractivity contribution in [1.29, 1.82) is 0 Å². The summed E-state index contributed by atoms with van der Waals surface area (Å²) >= 11 is 0. The molecule has 3 aliphatic heterocycles. The number of hydrogen-bond donors (Lipinski definition) is 2. The van der Waals surface area contributed by atoms with Gasteiger partial charge in [-0.3, -0.25) is 9.80 Å². The van der Waals surface area contributed by atoms with Gasteiger partial charge in [0.05, 0.1) is 13.0 Å². The summed E-state index contributed by atoms with van der Waals surface area (Å²) in [6.07, 6.45) is 15.2. The standard InChI is InChI=1S/C22H44N3/c1-6-9-19(16-18(3)23)10-13-21-11-8-12-22(24-5)17-20(4,14-15-21)25(21,22)7-2/h18-19,24H,6-17,23H2,1-5H3/q+1. The van der Waals surface area contributed by atoms with Crippen LogP contribution in [0.25, 0.3) is 0 Å². The van der Waals surface area contributed by atoms with Crippen LogP contribution >= 0.6 is 0 Å². The van der Waals surface area contributed by atoms with Crippen LogP contribution in [0, 0.1) is 5.92 Å². The molecule has 0 aromatic carbocycles. The molecule has 3 saturated heterocycles. The lowest BCUT2D eigenvalue weighted by atomic mass is 9.63. The molecule has 0 amide bonds. The zero-order valence-corrected chi connectivity index (χ0v) is 17.7. The largest absolute Gasteiger partial charge is 0.328 e. The van der Waals surface area contributed by atoms with E-state index in [1.807, 2.05) is 0 Å². The minimum absolute atomic E-state index is 0.351. The van der Waals surface area contributed by atoms with Gasteiger partial charge in [0.2, 0.25) is 0 Å². The Morgan fingerprint density at radius 2 is 1.88 bits per heavy atom. The first-order valence-corrected chi connectivity index (χ1v) is 11.2. The predicted molar refractivity (Wildman–Crippen MR) is 107 cm³/mol. The highest BCUT2D eigenvalue weighted by atomic mass is 15.6. The maximum atomic E-state index is 6.17. The second-order valence-corrected chi connectivity index (χ2v) is 10.1. The molecule has 0 saturated carbocycles. The molecule has 0 bridgehead atoms. The summed E-state index contributed by atoms with van der Waals surface area (Å²) in [6, 6.07) is 0.351. The lowest BCUT2D eigenvalue weighted by Gasteiger charge is -2.75. The number of piperidine rings is 1. The van der Waals surface area contributed by atoms with Crippen molar-refractivity contribution in [3.05, 3.63) is 0 Å². The molecule has 0 aromatic heterocycles. The van der Waals surface area contributed by atoms with E-state index in [9.17, 15) is 0 Å². The fourth-order valence-corrected chi connectivity index (χ4v) is 8.28. The molecule has 3 N–H and O–H groups in total. The Labute approximate surface area is 156 Å². The van der Waals surface area contributed by atoms with E-state index in [4.69, 9.17) is 5.73 Å². The molecule has 3 fully saturated rings. The van der Waals surface area contributed by atoms with E-state index in [0.717, 1.165) is 5.92 Å². The summed E-state index contributed by atoms with van der Waals surface area (Å²) < 4.78 is 1.39. The smallest absolute Gasteiger partial charge is 0.159 e. The molecule has 0 spiro atoms. The molecular formula is C22H44N3+. The third-order valence-corrected chi connectivity index (χ3v) is 8.86. The monoisotopic (exact) mass is 350 g/mol. The number of nitrogens with two attached hydrogens (primary N) is 1. The van der Waals surface area contributed by atoms with Crippen LogP contribution in [0.2, 0.25) is 0 Å². The molecule has 3 aliphatic rings. The van der Waals surface area contributed by atoms with Crippen LogP contribution in [0.15, 0.2) is 0 Å². The number of rotatable bonds is 9. The van der Waals surface area contributed by atoms with Crippen molar-refractivity contribution in [3.8, 4) is 0 Å². The molecule has 3 rings (SSSR count). The summed E-state index contributed by atoms with van der Waals surface area (Å²) in [6.45, 7) is 10.9. The van der Waals surface area contributed by atoms with Crippen molar-refractivity contribution in [2.24, 2.45) is 11.7 Å². The number of quaternary nitrogens is 1. The van der Waals surface area contributed by atoms with Gasteiger partial charge in [0.1, 0.15) is 11.1 Å². The quantitative estimate of drug-likeness (QED) is 0.599. The third kappa shape index (κ3) is 2.56. The Hall–Kier alpha value is -0.120. The molecule has 3 heteroatoms. The average Bonchev–Trinajstić information content (AvgIpc) is 2.81. The summed E-state index contributed by atoms with van der Waals surface area (Å²) in [5.74, 6) is 0.829. The van der Waals surface area contributed by atoms with Crippen LogP contribution in [0.1, 0.15) is 98.3 Å². The van der Waals surface area contributed by atoms with Gasteiger partial charge in [-0.25, -0.2) is 0 Å². The topological polar surface area (TPSA) is 38.0 Å². The Morgan fingerprint density at radius 1 is 1.12 bits per heavy atom. The summed E-state index contributed by atoms with van der Waals surface area (Å²) in [4.78, 5) is 0. The predicted octanol–water partition coefficient (Wildman–Crippen LogP) is 4.55. The third-order valence-electron chi connectivity index (χ3n) is 8.86. The van der Waals surface area contributed by atoms with Crippen molar-refractivity contribution in [1.82, 2.24) is 5.32 Å². The molecule has 146 valence electrons. The first kappa shape index (κ1) is 19.6. The minimum atomic E-state index is 0.351. The van der Waals surface area contributed by atoms with Crippen molar-refractivity contribution in [2.45, 2.75) is 121 Å². The first-order chi connectivity index (χ1) is 11.8. The summed E-state index contributed by atoms with van der Waals surface area (Å²) in [5.41, 5.74) is 7.60.